The molecule has 55 heavy (non-hydrogen) atoms. The van der Waals surface area contributed by atoms with E-state index in [2.05, 4.69) is 205 Å². The SMILES string of the molecule is c1ccc(-c2ccc(N(c3ccc(-c4cccc5oc6c7ccccc7ccc6c45)cc3)c3ccccc3-c3cccc4c3sc3ccccc34)cc2)cc1. The number of hydrogen-bond acceptors (Lipinski definition) is 3. The zero-order valence-electron chi connectivity index (χ0n) is 29.8. The second-order valence-corrected chi connectivity index (χ2v) is 15.1. The van der Waals surface area contributed by atoms with Gasteiger partial charge in [0.15, 0.2) is 0 Å². The minimum atomic E-state index is 0.900. The summed E-state index contributed by atoms with van der Waals surface area (Å²) in [5.41, 5.74) is 12.3. The number of anilines is 3. The maximum Gasteiger partial charge on any atom is 0.143 e. The molecule has 2 nitrogen and oxygen atoms in total. The minimum Gasteiger partial charge on any atom is -0.455 e. The van der Waals surface area contributed by atoms with E-state index in [1.165, 1.54) is 47.8 Å². The summed E-state index contributed by atoms with van der Waals surface area (Å²) < 4.78 is 9.15. The Hall–Kier alpha value is -6.94. The van der Waals surface area contributed by atoms with E-state index >= 15 is 0 Å². The maximum absolute atomic E-state index is 6.54. The van der Waals surface area contributed by atoms with Crippen LogP contribution in [0.5, 0.6) is 0 Å². The van der Waals surface area contributed by atoms with E-state index in [9.17, 15) is 0 Å². The van der Waals surface area contributed by atoms with Crippen LogP contribution >= 0.6 is 11.3 Å². The molecule has 0 amide bonds. The molecule has 3 heteroatoms. The van der Waals surface area contributed by atoms with Gasteiger partial charge in [-0.05, 0) is 76.2 Å². The predicted molar refractivity (Wildman–Crippen MR) is 235 cm³/mol. The number of fused-ring (bicyclic) bond motifs is 8. The third kappa shape index (κ3) is 5.24. The first-order chi connectivity index (χ1) is 27.3. The molecular weight excluding hydrogens is 687 g/mol. The van der Waals surface area contributed by atoms with Crippen molar-refractivity contribution in [3.63, 3.8) is 0 Å². The molecule has 0 spiro atoms. The van der Waals surface area contributed by atoms with Gasteiger partial charge in [0.1, 0.15) is 11.2 Å². The van der Waals surface area contributed by atoms with E-state index in [4.69, 9.17) is 4.42 Å². The van der Waals surface area contributed by atoms with Gasteiger partial charge < -0.3 is 9.32 Å². The summed E-state index contributed by atoms with van der Waals surface area (Å²) in [7, 11) is 0. The van der Waals surface area contributed by atoms with Crippen molar-refractivity contribution in [3.05, 3.63) is 200 Å². The molecule has 0 aliphatic heterocycles. The number of benzene rings is 9. The average Bonchev–Trinajstić information content (AvgIpc) is 3.84. The van der Waals surface area contributed by atoms with Gasteiger partial charge in [0.2, 0.25) is 0 Å². The normalized spacial score (nSPS) is 11.6. The molecule has 0 aliphatic rings. The highest BCUT2D eigenvalue weighted by molar-refractivity contribution is 7.26. The smallest absolute Gasteiger partial charge is 0.143 e. The van der Waals surface area contributed by atoms with Gasteiger partial charge in [-0.15, -0.1) is 11.3 Å². The van der Waals surface area contributed by atoms with Gasteiger partial charge in [-0.2, -0.15) is 0 Å². The van der Waals surface area contributed by atoms with Crippen LogP contribution in [0.3, 0.4) is 0 Å². The van der Waals surface area contributed by atoms with Crippen molar-refractivity contribution in [3.8, 4) is 33.4 Å². The Kier molecular flexibility index (Phi) is 7.39. The third-order valence-electron chi connectivity index (χ3n) is 10.9. The lowest BCUT2D eigenvalue weighted by Crippen LogP contribution is -2.11. The van der Waals surface area contributed by atoms with E-state index in [0.29, 0.717) is 0 Å². The molecule has 2 aromatic heterocycles. The van der Waals surface area contributed by atoms with Gasteiger partial charge in [-0.1, -0.05) is 152 Å². The molecule has 258 valence electrons. The van der Waals surface area contributed by atoms with Gasteiger partial charge in [0.25, 0.3) is 0 Å². The third-order valence-corrected chi connectivity index (χ3v) is 12.1. The molecule has 11 aromatic rings. The quantitative estimate of drug-likeness (QED) is 0.170. The Morgan fingerprint density at radius 2 is 1.00 bits per heavy atom. The lowest BCUT2D eigenvalue weighted by molar-refractivity contribution is 0.673. The first-order valence-corrected chi connectivity index (χ1v) is 19.5. The van der Waals surface area contributed by atoms with Crippen molar-refractivity contribution in [1.82, 2.24) is 0 Å². The lowest BCUT2D eigenvalue weighted by atomic mass is 9.97. The highest BCUT2D eigenvalue weighted by Gasteiger charge is 2.21. The van der Waals surface area contributed by atoms with E-state index in [-0.39, 0.29) is 0 Å². The van der Waals surface area contributed by atoms with Crippen LogP contribution in [0.4, 0.5) is 17.1 Å². The summed E-state index contributed by atoms with van der Waals surface area (Å²) in [5, 5.41) is 7.20. The fraction of sp³-hybridized carbons (Fsp3) is 0. The molecule has 11 rings (SSSR count). The summed E-state index contributed by atoms with van der Waals surface area (Å²) in [6, 6.07) is 72.1. The van der Waals surface area contributed by atoms with Crippen LogP contribution in [-0.4, -0.2) is 0 Å². The topological polar surface area (TPSA) is 16.4 Å². The number of para-hydroxylation sites is 1. The Morgan fingerprint density at radius 3 is 1.84 bits per heavy atom. The van der Waals surface area contributed by atoms with E-state index in [0.717, 1.165) is 55.5 Å². The van der Waals surface area contributed by atoms with Crippen LogP contribution in [-0.2, 0) is 0 Å². The molecule has 0 saturated carbocycles. The van der Waals surface area contributed by atoms with Crippen molar-refractivity contribution in [2.75, 3.05) is 4.90 Å². The minimum absolute atomic E-state index is 0.900. The first-order valence-electron chi connectivity index (χ1n) is 18.7. The molecular formula is C52H33NOS. The summed E-state index contributed by atoms with van der Waals surface area (Å²) in [6.07, 6.45) is 0. The molecule has 9 aromatic carbocycles. The lowest BCUT2D eigenvalue weighted by Gasteiger charge is -2.28. The average molecular weight is 720 g/mol. The molecule has 0 N–H and O–H groups in total. The predicted octanol–water partition coefficient (Wildman–Crippen LogP) is 15.6. The number of hydrogen-bond donors (Lipinski definition) is 0. The number of thiophene rings is 1. The highest BCUT2D eigenvalue weighted by atomic mass is 32.1. The Labute approximate surface area is 322 Å². The first kappa shape index (κ1) is 31.6. The van der Waals surface area contributed by atoms with Crippen molar-refractivity contribution in [2.24, 2.45) is 0 Å². The largest absolute Gasteiger partial charge is 0.455 e. The summed E-state index contributed by atoms with van der Waals surface area (Å²) >= 11 is 1.87. The van der Waals surface area contributed by atoms with Crippen molar-refractivity contribution in [2.45, 2.75) is 0 Å². The van der Waals surface area contributed by atoms with Gasteiger partial charge >= 0.3 is 0 Å². The van der Waals surface area contributed by atoms with Crippen LogP contribution < -0.4 is 4.90 Å². The highest BCUT2D eigenvalue weighted by Crippen LogP contribution is 2.47. The summed E-state index contributed by atoms with van der Waals surface area (Å²) in [6.45, 7) is 0. The van der Waals surface area contributed by atoms with Gasteiger partial charge in [-0.25, -0.2) is 0 Å². The Balaban J connectivity index is 1.07. The fourth-order valence-electron chi connectivity index (χ4n) is 8.30. The van der Waals surface area contributed by atoms with Crippen LogP contribution in [0, 0.1) is 0 Å². The van der Waals surface area contributed by atoms with E-state index in [1.807, 2.05) is 11.3 Å². The zero-order chi connectivity index (χ0) is 36.3. The number of furan rings is 1. The molecule has 0 saturated heterocycles. The second-order valence-electron chi connectivity index (χ2n) is 14.0. The maximum atomic E-state index is 6.54. The fourth-order valence-corrected chi connectivity index (χ4v) is 9.53. The molecule has 0 bridgehead atoms. The van der Waals surface area contributed by atoms with Crippen LogP contribution in [0.2, 0.25) is 0 Å². The Bertz CT molecular complexity index is 3190. The second kappa shape index (κ2) is 12.9. The molecule has 0 fully saturated rings. The molecule has 2 heterocycles. The van der Waals surface area contributed by atoms with Gasteiger partial charge in [-0.3, -0.25) is 0 Å². The van der Waals surface area contributed by atoms with E-state index < -0.39 is 0 Å². The van der Waals surface area contributed by atoms with Crippen molar-refractivity contribution < 1.29 is 4.42 Å². The molecule has 0 unspecified atom stereocenters. The van der Waals surface area contributed by atoms with Gasteiger partial charge in [0, 0.05) is 58.8 Å². The van der Waals surface area contributed by atoms with Crippen LogP contribution in [0.15, 0.2) is 205 Å². The zero-order valence-corrected chi connectivity index (χ0v) is 30.6. The molecule has 0 radical (unpaired) electrons. The number of nitrogens with zero attached hydrogens (tertiary/aromatic N) is 1. The standard InChI is InChI=1S/C52H33NOS/c1-2-12-34(13-3-1)35-24-29-38(30-25-35)53(47-21-8-6-16-42(47)44-19-10-20-45-43-17-7-9-23-49(43)55-52(44)45)39-31-26-37(27-32-39)40-18-11-22-48-50(40)46-33-28-36-14-4-5-15-41(36)51(46)54-48/h1-33H. The Morgan fingerprint density at radius 1 is 0.382 bits per heavy atom. The number of rotatable bonds is 6. The molecule has 0 aliphatic carbocycles. The van der Waals surface area contributed by atoms with Crippen molar-refractivity contribution in [1.29, 1.82) is 0 Å². The van der Waals surface area contributed by atoms with E-state index in [1.54, 1.807) is 0 Å². The van der Waals surface area contributed by atoms with Crippen LogP contribution in [0.25, 0.3) is 86.3 Å². The monoisotopic (exact) mass is 719 g/mol. The summed E-state index contributed by atoms with van der Waals surface area (Å²) in [4.78, 5) is 2.40. The molecule has 0 atom stereocenters. The van der Waals surface area contributed by atoms with Crippen LogP contribution in [0.1, 0.15) is 0 Å². The summed E-state index contributed by atoms with van der Waals surface area (Å²) in [5.74, 6) is 0. The van der Waals surface area contributed by atoms with Gasteiger partial charge in [0.05, 0.1) is 5.69 Å². The van der Waals surface area contributed by atoms with Crippen molar-refractivity contribution >= 4 is 81.3 Å².